The van der Waals surface area contributed by atoms with E-state index in [0.29, 0.717) is 54.0 Å². The SMILES string of the molecule is Cc1cc(C(=O)NCCOc2cccc3c2[C@@H](CN2C(=O)c4ccccc4C2=O)N(C(=O)[C@@H]2CCCC[C@@H]2C(=O)O)CC3)no1. The highest BCUT2D eigenvalue weighted by Crippen LogP contribution is 2.41. The van der Waals surface area contributed by atoms with E-state index < -0.39 is 41.6 Å². The van der Waals surface area contributed by atoms with Gasteiger partial charge < -0.3 is 24.6 Å². The van der Waals surface area contributed by atoms with Crippen LogP contribution < -0.4 is 10.1 Å². The number of carbonyl (C=O) groups is 5. The summed E-state index contributed by atoms with van der Waals surface area (Å²) in [5, 5.41) is 16.4. The van der Waals surface area contributed by atoms with Crippen molar-refractivity contribution < 1.29 is 38.3 Å². The van der Waals surface area contributed by atoms with Crippen molar-refractivity contribution in [1.29, 1.82) is 0 Å². The zero-order valence-corrected chi connectivity index (χ0v) is 24.9. The average Bonchev–Trinajstić information content (AvgIpc) is 3.59. The Hall–Kier alpha value is -5.00. The number of nitrogens with zero attached hydrogens (tertiary/aromatic N) is 3. The summed E-state index contributed by atoms with van der Waals surface area (Å²) in [5.41, 5.74) is 2.32. The van der Waals surface area contributed by atoms with Crippen molar-refractivity contribution in [2.75, 3.05) is 26.2 Å². The van der Waals surface area contributed by atoms with E-state index in [0.717, 1.165) is 23.3 Å². The summed E-state index contributed by atoms with van der Waals surface area (Å²) in [6.07, 6.45) is 2.87. The van der Waals surface area contributed by atoms with E-state index in [9.17, 15) is 29.1 Å². The molecule has 6 rings (SSSR count). The minimum absolute atomic E-state index is 0.0937. The number of hydrogen-bond acceptors (Lipinski definition) is 8. The third-order valence-corrected chi connectivity index (χ3v) is 8.91. The third-order valence-electron chi connectivity index (χ3n) is 8.91. The number of fused-ring (bicyclic) bond motifs is 2. The fourth-order valence-electron chi connectivity index (χ4n) is 6.72. The Morgan fingerprint density at radius 1 is 1.02 bits per heavy atom. The minimum Gasteiger partial charge on any atom is -0.491 e. The lowest BCUT2D eigenvalue weighted by Crippen LogP contribution is -2.50. The number of rotatable bonds is 9. The van der Waals surface area contributed by atoms with E-state index >= 15 is 0 Å². The van der Waals surface area contributed by atoms with Crippen molar-refractivity contribution in [3.8, 4) is 5.75 Å². The molecule has 0 unspecified atom stereocenters. The van der Waals surface area contributed by atoms with Crippen LogP contribution in [-0.2, 0) is 16.0 Å². The van der Waals surface area contributed by atoms with Crippen LogP contribution in [0.5, 0.6) is 5.75 Å². The van der Waals surface area contributed by atoms with Crippen molar-refractivity contribution in [3.05, 3.63) is 82.2 Å². The molecule has 1 saturated carbocycles. The molecule has 3 heterocycles. The first kappa shape index (κ1) is 30.0. The number of benzene rings is 2. The van der Waals surface area contributed by atoms with E-state index in [2.05, 4.69) is 10.5 Å². The highest BCUT2D eigenvalue weighted by Gasteiger charge is 2.45. The molecule has 0 radical (unpaired) electrons. The number of aryl methyl sites for hydroxylation is 1. The van der Waals surface area contributed by atoms with Crippen LogP contribution in [0.3, 0.4) is 0 Å². The molecule has 0 saturated heterocycles. The van der Waals surface area contributed by atoms with Gasteiger partial charge in [0.25, 0.3) is 17.7 Å². The number of ether oxygens (including phenoxy) is 1. The summed E-state index contributed by atoms with van der Waals surface area (Å²) in [5.74, 6) is -3.11. The number of hydrogen-bond donors (Lipinski definition) is 2. The molecule has 2 aromatic carbocycles. The van der Waals surface area contributed by atoms with E-state index in [4.69, 9.17) is 9.26 Å². The maximum Gasteiger partial charge on any atom is 0.307 e. The molecule has 234 valence electrons. The van der Waals surface area contributed by atoms with Gasteiger partial charge in [0, 0.05) is 18.2 Å². The highest BCUT2D eigenvalue weighted by atomic mass is 16.5. The molecule has 2 aliphatic heterocycles. The molecule has 0 bridgehead atoms. The number of nitrogens with one attached hydrogen (secondary N) is 1. The monoisotopic (exact) mass is 614 g/mol. The minimum atomic E-state index is -0.991. The van der Waals surface area contributed by atoms with Gasteiger partial charge in [0.15, 0.2) is 5.69 Å². The Balaban J connectivity index is 1.29. The van der Waals surface area contributed by atoms with Crippen LogP contribution in [0.1, 0.15) is 79.8 Å². The lowest BCUT2D eigenvalue weighted by atomic mass is 9.77. The van der Waals surface area contributed by atoms with Crippen LogP contribution in [0.4, 0.5) is 0 Å². The Bertz CT molecular complexity index is 1630. The number of aliphatic carboxylic acids is 1. The number of carboxylic acid groups (broad SMARTS) is 1. The Labute approximate surface area is 259 Å². The zero-order valence-electron chi connectivity index (χ0n) is 24.9. The number of amides is 4. The fraction of sp³-hybridized carbons (Fsp3) is 0.394. The first-order valence-corrected chi connectivity index (χ1v) is 15.2. The largest absolute Gasteiger partial charge is 0.491 e. The number of aromatic nitrogens is 1. The summed E-state index contributed by atoms with van der Waals surface area (Å²) in [4.78, 5) is 68.4. The second-order valence-electron chi connectivity index (χ2n) is 11.7. The van der Waals surface area contributed by atoms with Crippen LogP contribution in [-0.4, -0.2) is 75.9 Å². The smallest absolute Gasteiger partial charge is 0.307 e. The molecule has 45 heavy (non-hydrogen) atoms. The van der Waals surface area contributed by atoms with Gasteiger partial charge in [0.2, 0.25) is 5.91 Å². The quantitative estimate of drug-likeness (QED) is 0.272. The topological polar surface area (TPSA) is 159 Å². The first-order chi connectivity index (χ1) is 21.7. The summed E-state index contributed by atoms with van der Waals surface area (Å²) < 4.78 is 11.1. The highest BCUT2D eigenvalue weighted by molar-refractivity contribution is 6.21. The van der Waals surface area contributed by atoms with Crippen LogP contribution in [0.2, 0.25) is 0 Å². The van der Waals surface area contributed by atoms with E-state index in [1.54, 1.807) is 42.2 Å². The van der Waals surface area contributed by atoms with E-state index in [1.807, 2.05) is 12.1 Å². The molecule has 0 spiro atoms. The van der Waals surface area contributed by atoms with Gasteiger partial charge in [-0.25, -0.2) is 0 Å². The van der Waals surface area contributed by atoms with Crippen molar-refractivity contribution in [2.45, 2.75) is 45.1 Å². The van der Waals surface area contributed by atoms with Crippen LogP contribution >= 0.6 is 0 Å². The Morgan fingerprint density at radius 3 is 2.40 bits per heavy atom. The van der Waals surface area contributed by atoms with Crippen molar-refractivity contribution in [2.24, 2.45) is 11.8 Å². The summed E-state index contributed by atoms with van der Waals surface area (Å²) in [6.45, 7) is 2.13. The van der Waals surface area contributed by atoms with Crippen molar-refractivity contribution in [1.82, 2.24) is 20.3 Å². The lowest BCUT2D eigenvalue weighted by molar-refractivity contribution is -0.153. The molecule has 12 nitrogen and oxygen atoms in total. The van der Waals surface area contributed by atoms with Gasteiger partial charge in [0.05, 0.1) is 42.1 Å². The molecule has 1 aromatic heterocycles. The summed E-state index contributed by atoms with van der Waals surface area (Å²) >= 11 is 0. The van der Waals surface area contributed by atoms with Crippen LogP contribution in [0.25, 0.3) is 0 Å². The first-order valence-electron chi connectivity index (χ1n) is 15.2. The number of imide groups is 1. The predicted molar refractivity (Wildman–Crippen MR) is 159 cm³/mol. The van der Waals surface area contributed by atoms with E-state index in [1.165, 1.54) is 6.07 Å². The molecule has 3 aromatic rings. The Morgan fingerprint density at radius 2 is 1.73 bits per heavy atom. The molecule has 2 N–H and O–H groups in total. The summed E-state index contributed by atoms with van der Waals surface area (Å²) in [7, 11) is 0. The van der Waals surface area contributed by atoms with Gasteiger partial charge in [0.1, 0.15) is 18.1 Å². The average molecular weight is 615 g/mol. The Kier molecular flexibility index (Phi) is 8.38. The van der Waals surface area contributed by atoms with Crippen molar-refractivity contribution in [3.63, 3.8) is 0 Å². The van der Waals surface area contributed by atoms with Crippen molar-refractivity contribution >= 4 is 29.6 Å². The molecule has 12 heteroatoms. The molecule has 1 fully saturated rings. The molecular weight excluding hydrogens is 580 g/mol. The van der Waals surface area contributed by atoms with Gasteiger partial charge in [-0.05, 0) is 49.9 Å². The third kappa shape index (κ3) is 5.79. The van der Waals surface area contributed by atoms with Gasteiger partial charge in [-0.2, -0.15) is 0 Å². The van der Waals surface area contributed by atoms with Crippen LogP contribution in [0.15, 0.2) is 53.1 Å². The normalized spacial score (nSPS) is 20.9. The molecular formula is C33H34N4O8. The van der Waals surface area contributed by atoms with Gasteiger partial charge in [-0.1, -0.05) is 42.3 Å². The van der Waals surface area contributed by atoms with Gasteiger partial charge in [-0.3, -0.25) is 28.9 Å². The zero-order chi connectivity index (χ0) is 31.7. The fourth-order valence-corrected chi connectivity index (χ4v) is 6.72. The number of carboxylic acids is 1. The number of carbonyl (C=O) groups excluding carboxylic acids is 4. The maximum absolute atomic E-state index is 14.2. The lowest BCUT2D eigenvalue weighted by Gasteiger charge is -2.42. The second kappa shape index (κ2) is 12.5. The molecule has 1 aliphatic carbocycles. The van der Waals surface area contributed by atoms with Crippen LogP contribution in [0, 0.1) is 18.8 Å². The summed E-state index contributed by atoms with van der Waals surface area (Å²) in [6, 6.07) is 12.9. The molecule has 4 amide bonds. The molecule has 3 aliphatic rings. The maximum atomic E-state index is 14.2. The standard InChI is InChI=1S/C33H34N4O8/c1-19-17-25(35-45-19)29(38)34-14-16-44-27-12-6-7-20-13-15-36(30(39)23-10-4-5-11-24(23)33(42)43)26(28(20)27)18-37-31(40)21-8-2-3-9-22(21)32(37)41/h2-3,6-9,12,17,23-24,26H,4-5,10-11,13-16,18H2,1H3,(H,34,38)(H,42,43)/t23-,24+,26-/m1/s1. The second-order valence-corrected chi connectivity index (χ2v) is 11.7. The van der Waals surface area contributed by atoms with E-state index in [-0.39, 0.29) is 31.3 Å². The van der Waals surface area contributed by atoms with Gasteiger partial charge in [-0.15, -0.1) is 0 Å². The predicted octanol–water partition coefficient (Wildman–Crippen LogP) is 3.40. The van der Waals surface area contributed by atoms with Gasteiger partial charge >= 0.3 is 5.97 Å². The molecule has 3 atom stereocenters.